The number of aromatic nitrogens is 1. The van der Waals surface area contributed by atoms with Gasteiger partial charge in [0.25, 0.3) is 5.91 Å². The summed E-state index contributed by atoms with van der Waals surface area (Å²) in [6.45, 7) is 1.12. The fourth-order valence-corrected chi connectivity index (χ4v) is 4.10. The minimum absolute atomic E-state index is 0.0150. The number of nitrogens with two attached hydrogens (primary N) is 1. The highest BCUT2D eigenvalue weighted by Gasteiger charge is 2.29. The first-order valence-electron chi connectivity index (χ1n) is 10.3. The molecule has 8 heteroatoms. The van der Waals surface area contributed by atoms with Crippen LogP contribution in [0.3, 0.4) is 0 Å². The topological polar surface area (TPSA) is 116 Å². The van der Waals surface area contributed by atoms with Gasteiger partial charge in [-0.05, 0) is 25.0 Å². The fraction of sp³-hybridized carbons (Fsp3) is 0.261. The van der Waals surface area contributed by atoms with Gasteiger partial charge < -0.3 is 25.6 Å². The number of fused-ring (bicyclic) bond motifs is 2. The second kappa shape index (κ2) is 7.88. The van der Waals surface area contributed by atoms with Crippen molar-refractivity contribution >= 4 is 33.9 Å². The van der Waals surface area contributed by atoms with Crippen molar-refractivity contribution < 1.29 is 14.7 Å². The van der Waals surface area contributed by atoms with Crippen LogP contribution in [0.2, 0.25) is 0 Å². The Morgan fingerprint density at radius 1 is 1.19 bits per heavy atom. The van der Waals surface area contributed by atoms with Crippen molar-refractivity contribution in [1.29, 1.82) is 0 Å². The molecule has 0 saturated carbocycles. The number of piperidine rings is 1. The molecule has 1 saturated heterocycles. The maximum atomic E-state index is 12.5. The Morgan fingerprint density at radius 2 is 1.94 bits per heavy atom. The smallest absolute Gasteiger partial charge is 0.263 e. The molecule has 3 aromatic rings. The van der Waals surface area contributed by atoms with E-state index >= 15 is 0 Å². The van der Waals surface area contributed by atoms with Gasteiger partial charge in [-0.2, -0.15) is 0 Å². The Bertz CT molecular complexity index is 1200. The number of amides is 1. The van der Waals surface area contributed by atoms with Gasteiger partial charge >= 0.3 is 0 Å². The van der Waals surface area contributed by atoms with Gasteiger partial charge in [0.1, 0.15) is 11.4 Å². The zero-order chi connectivity index (χ0) is 21.4. The first-order valence-corrected chi connectivity index (χ1v) is 10.3. The maximum absolute atomic E-state index is 12.5. The van der Waals surface area contributed by atoms with E-state index in [1.165, 1.54) is 0 Å². The van der Waals surface area contributed by atoms with Crippen molar-refractivity contribution in [3.05, 3.63) is 59.7 Å². The zero-order valence-corrected chi connectivity index (χ0v) is 16.9. The van der Waals surface area contributed by atoms with E-state index in [9.17, 15) is 9.90 Å². The zero-order valence-electron chi connectivity index (χ0n) is 16.9. The molecule has 0 atom stereocenters. The van der Waals surface area contributed by atoms with Gasteiger partial charge in [0.15, 0.2) is 12.5 Å². The van der Waals surface area contributed by atoms with Gasteiger partial charge in [0, 0.05) is 35.6 Å². The molecule has 5 rings (SSSR count). The molecule has 1 amide bonds. The number of likely N-dealkylation sites (tertiary alicyclic amines) is 1. The number of carbonyl (C=O) groups is 1. The molecule has 0 radical (unpaired) electrons. The molecule has 0 bridgehead atoms. The molecule has 2 aliphatic rings. The number of hydrogen-bond donors (Lipinski definition) is 3. The molecule has 4 N–H and O–H groups in total. The summed E-state index contributed by atoms with van der Waals surface area (Å²) in [5.74, 6) is -0.0999. The highest BCUT2D eigenvalue weighted by molar-refractivity contribution is 6.58. The number of nitrogens with zero attached hydrogens (tertiary/aromatic N) is 3. The highest BCUT2D eigenvalue weighted by Crippen LogP contribution is 2.35. The average molecular weight is 417 g/mol. The van der Waals surface area contributed by atoms with Crippen LogP contribution < -0.4 is 5.73 Å². The van der Waals surface area contributed by atoms with Crippen LogP contribution >= 0.6 is 0 Å². The number of aliphatic imine (C=N–C) groups is 1. The summed E-state index contributed by atoms with van der Waals surface area (Å²) in [7, 11) is 0. The van der Waals surface area contributed by atoms with Crippen LogP contribution in [-0.2, 0) is 9.63 Å². The van der Waals surface area contributed by atoms with Gasteiger partial charge in [-0.1, -0.05) is 41.6 Å². The van der Waals surface area contributed by atoms with Crippen LogP contribution in [0.5, 0.6) is 5.88 Å². The van der Waals surface area contributed by atoms with E-state index in [0.717, 1.165) is 35.0 Å². The first-order chi connectivity index (χ1) is 15.1. The van der Waals surface area contributed by atoms with E-state index < -0.39 is 0 Å². The molecule has 158 valence electrons. The summed E-state index contributed by atoms with van der Waals surface area (Å²) in [5, 5.41) is 15.7. The van der Waals surface area contributed by atoms with E-state index in [1.807, 2.05) is 48.5 Å². The van der Waals surface area contributed by atoms with Crippen molar-refractivity contribution in [3.8, 4) is 5.88 Å². The van der Waals surface area contributed by atoms with Crippen molar-refractivity contribution in [2.24, 2.45) is 15.9 Å². The van der Waals surface area contributed by atoms with Gasteiger partial charge in [-0.15, -0.1) is 0 Å². The number of aromatic amines is 1. The van der Waals surface area contributed by atoms with Crippen molar-refractivity contribution in [2.45, 2.75) is 18.9 Å². The molecule has 3 heterocycles. The molecule has 31 heavy (non-hydrogen) atoms. The normalized spacial score (nSPS) is 17.8. The van der Waals surface area contributed by atoms with Crippen molar-refractivity contribution in [1.82, 2.24) is 9.88 Å². The van der Waals surface area contributed by atoms with Crippen LogP contribution in [0, 0.1) is 0 Å². The van der Waals surface area contributed by atoms with Crippen LogP contribution in [0.15, 0.2) is 58.7 Å². The van der Waals surface area contributed by atoms with E-state index in [4.69, 9.17) is 15.6 Å². The number of aromatic hydroxyl groups is 1. The van der Waals surface area contributed by atoms with Gasteiger partial charge in [0.2, 0.25) is 0 Å². The van der Waals surface area contributed by atoms with E-state index in [1.54, 1.807) is 4.90 Å². The summed E-state index contributed by atoms with van der Waals surface area (Å²) in [5.41, 5.74) is 9.79. The number of oxime groups is 1. The number of benzene rings is 2. The number of rotatable bonds is 4. The van der Waals surface area contributed by atoms with Gasteiger partial charge in [-0.3, -0.25) is 4.79 Å². The summed E-state index contributed by atoms with van der Waals surface area (Å²) < 4.78 is 0. The molecular weight excluding hydrogens is 394 g/mol. The largest absolute Gasteiger partial charge is 0.494 e. The van der Waals surface area contributed by atoms with Crippen LogP contribution in [0.1, 0.15) is 24.0 Å². The van der Waals surface area contributed by atoms with E-state index in [2.05, 4.69) is 10.1 Å². The fourth-order valence-electron chi connectivity index (χ4n) is 4.10. The lowest BCUT2D eigenvalue weighted by molar-refractivity contribution is -0.137. The van der Waals surface area contributed by atoms with Gasteiger partial charge in [0.05, 0.1) is 11.3 Å². The predicted octanol–water partition coefficient (Wildman–Crippen LogP) is 2.68. The second-order valence-corrected chi connectivity index (χ2v) is 7.80. The number of nitrogens with one attached hydrogen (secondary N) is 1. The Balaban J connectivity index is 1.43. The molecule has 1 fully saturated rings. The lowest BCUT2D eigenvalue weighted by atomic mass is 10.0. The highest BCUT2D eigenvalue weighted by atomic mass is 16.6. The number of para-hydroxylation sites is 2. The van der Waals surface area contributed by atoms with Crippen LogP contribution in [0.25, 0.3) is 10.9 Å². The molecule has 8 nitrogen and oxygen atoms in total. The monoisotopic (exact) mass is 417 g/mol. The molecule has 0 spiro atoms. The molecule has 0 unspecified atom stereocenters. The standard InChI is InChI=1S/C23H23N5O3/c24-14-9-11-28(12-10-14)19(29)13-31-27-21-16-6-2-4-8-18(16)25-22(21)20-15-5-1-3-7-17(15)26-23(20)30/h1-8,14,26,30H,9-13,24H2/b27-21+. The number of carbonyl (C=O) groups excluding carboxylic acids is 1. The molecule has 1 aromatic heterocycles. The lowest BCUT2D eigenvalue weighted by Crippen LogP contribution is -2.44. The van der Waals surface area contributed by atoms with Gasteiger partial charge in [-0.25, -0.2) is 4.99 Å². The quantitative estimate of drug-likeness (QED) is 0.566. The molecule has 2 aliphatic heterocycles. The Morgan fingerprint density at radius 3 is 2.77 bits per heavy atom. The SMILES string of the molecule is NC1CCN(C(=O)CO/N=C2/C(c3c(O)[nH]c4ccccc34)=Nc3ccccc32)CC1. The summed E-state index contributed by atoms with van der Waals surface area (Å²) >= 11 is 0. The predicted molar refractivity (Wildman–Crippen MR) is 119 cm³/mol. The summed E-state index contributed by atoms with van der Waals surface area (Å²) in [4.78, 5) is 27.4. The Kier molecular flexibility index (Phi) is 4.91. The van der Waals surface area contributed by atoms with Crippen LogP contribution in [0.4, 0.5) is 5.69 Å². The maximum Gasteiger partial charge on any atom is 0.263 e. The third-order valence-electron chi connectivity index (χ3n) is 5.77. The number of H-pyrrole nitrogens is 1. The number of hydrogen-bond acceptors (Lipinski definition) is 6. The third-order valence-corrected chi connectivity index (χ3v) is 5.77. The summed E-state index contributed by atoms with van der Waals surface area (Å²) in [6, 6.07) is 15.3. The minimum atomic E-state index is -0.159. The van der Waals surface area contributed by atoms with Crippen molar-refractivity contribution in [2.75, 3.05) is 19.7 Å². The van der Waals surface area contributed by atoms with Crippen LogP contribution in [-0.4, -0.2) is 58.1 Å². The Labute approximate surface area is 179 Å². The van der Waals surface area contributed by atoms with Crippen molar-refractivity contribution in [3.63, 3.8) is 0 Å². The second-order valence-electron chi connectivity index (χ2n) is 7.80. The molecule has 2 aromatic carbocycles. The van der Waals surface area contributed by atoms with E-state index in [0.29, 0.717) is 30.1 Å². The third kappa shape index (κ3) is 3.55. The van der Waals surface area contributed by atoms with E-state index in [-0.39, 0.29) is 24.4 Å². The lowest BCUT2D eigenvalue weighted by Gasteiger charge is -2.29. The first kappa shape index (κ1) is 19.3. The Hall–Kier alpha value is -3.65. The molecular formula is C23H23N5O3. The average Bonchev–Trinajstić information content (AvgIpc) is 3.30. The minimum Gasteiger partial charge on any atom is -0.494 e. The summed E-state index contributed by atoms with van der Waals surface area (Å²) in [6.07, 6.45) is 1.59. The molecule has 0 aliphatic carbocycles.